The van der Waals surface area contributed by atoms with Crippen LogP contribution in [0.1, 0.15) is 70.1 Å². The Labute approximate surface area is 280 Å². The summed E-state index contributed by atoms with van der Waals surface area (Å²) in [6.07, 6.45) is 6.80. The van der Waals surface area contributed by atoms with Crippen LogP contribution < -0.4 is 9.47 Å². The zero-order valence-electron chi connectivity index (χ0n) is 28.5. The maximum absolute atomic E-state index is 12.0. The number of carbonyl (C=O) groups is 2. The summed E-state index contributed by atoms with van der Waals surface area (Å²) in [6.45, 7) is 15.4. The highest BCUT2D eigenvalue weighted by molar-refractivity contribution is 5.87. The molecule has 1 N–H and O–H groups in total. The van der Waals surface area contributed by atoms with Gasteiger partial charge in [-0.05, 0) is 85.9 Å². The Hall–Kier alpha value is -4.36. The van der Waals surface area contributed by atoms with Gasteiger partial charge in [-0.15, -0.1) is 0 Å². The van der Waals surface area contributed by atoms with Crippen LogP contribution in [-0.4, -0.2) is 50.1 Å². The van der Waals surface area contributed by atoms with Crippen molar-refractivity contribution < 1.29 is 33.6 Å². The molecule has 47 heavy (non-hydrogen) atoms. The molecule has 0 aliphatic carbocycles. The molecule has 0 heterocycles. The molecule has 0 saturated heterocycles. The van der Waals surface area contributed by atoms with Gasteiger partial charge in [-0.1, -0.05) is 82.3 Å². The molecule has 3 rings (SSSR count). The van der Waals surface area contributed by atoms with Crippen molar-refractivity contribution in [3.05, 3.63) is 95.6 Å². The van der Waals surface area contributed by atoms with Crippen molar-refractivity contribution in [1.29, 1.82) is 0 Å². The molecule has 0 bridgehead atoms. The van der Waals surface area contributed by atoms with E-state index in [0.29, 0.717) is 29.1 Å². The molecule has 0 spiro atoms. The van der Waals surface area contributed by atoms with Crippen LogP contribution in [-0.2, 0) is 38.3 Å². The summed E-state index contributed by atoms with van der Waals surface area (Å²) in [7, 11) is 0. The summed E-state index contributed by atoms with van der Waals surface area (Å²) in [5.74, 6) is 0.323. The van der Waals surface area contributed by atoms with Gasteiger partial charge < -0.3 is 24.1 Å². The molecule has 0 unspecified atom stereocenters. The lowest BCUT2D eigenvalue weighted by Gasteiger charge is -2.20. The first kappa shape index (κ1) is 37.1. The third-order valence-corrected chi connectivity index (χ3v) is 7.73. The molecule has 0 aliphatic rings. The van der Waals surface area contributed by atoms with Crippen molar-refractivity contribution in [2.24, 2.45) is 0 Å². The third kappa shape index (κ3) is 11.4. The minimum atomic E-state index is -0.462. The highest BCUT2D eigenvalue weighted by atomic mass is 16.6. The molecule has 252 valence electrons. The molecule has 0 radical (unpaired) electrons. The van der Waals surface area contributed by atoms with Crippen LogP contribution in [0.2, 0.25) is 0 Å². The van der Waals surface area contributed by atoms with Crippen molar-refractivity contribution in [3.8, 4) is 33.8 Å². The van der Waals surface area contributed by atoms with Crippen LogP contribution in [0.3, 0.4) is 0 Å². The SMILES string of the molecule is C=C(C)C(=O)OCCOc1cc(-c2ccc(CCCO)cc2CC)c(OCCOC(=O)C(=C)C)cc1-c1ccc(CCCCC)cc1. The smallest absolute Gasteiger partial charge is 0.333 e. The van der Waals surface area contributed by atoms with Gasteiger partial charge in [0, 0.05) is 28.9 Å². The summed E-state index contributed by atoms with van der Waals surface area (Å²) in [5.41, 5.74) is 7.82. The topological polar surface area (TPSA) is 91.3 Å². The Morgan fingerprint density at radius 3 is 1.77 bits per heavy atom. The van der Waals surface area contributed by atoms with E-state index in [1.807, 2.05) is 12.1 Å². The van der Waals surface area contributed by atoms with Crippen molar-refractivity contribution in [2.75, 3.05) is 33.0 Å². The Bertz CT molecular complexity index is 1500. The van der Waals surface area contributed by atoms with E-state index in [4.69, 9.17) is 18.9 Å². The van der Waals surface area contributed by atoms with E-state index in [2.05, 4.69) is 69.5 Å². The Morgan fingerprint density at radius 2 is 1.21 bits per heavy atom. The molecule has 7 nitrogen and oxygen atoms in total. The fraction of sp³-hybridized carbons (Fsp3) is 0.400. The number of carbonyl (C=O) groups excluding carboxylic acids is 2. The lowest BCUT2D eigenvalue weighted by atomic mass is 9.92. The quantitative estimate of drug-likeness (QED) is 0.0754. The number of aliphatic hydroxyl groups excluding tert-OH is 1. The average molecular weight is 643 g/mol. The summed E-state index contributed by atoms with van der Waals surface area (Å²) in [5, 5.41) is 9.35. The lowest BCUT2D eigenvalue weighted by Crippen LogP contribution is -2.14. The van der Waals surface area contributed by atoms with Gasteiger partial charge in [0.2, 0.25) is 0 Å². The Balaban J connectivity index is 2.07. The van der Waals surface area contributed by atoms with E-state index in [1.165, 1.54) is 18.4 Å². The van der Waals surface area contributed by atoms with Gasteiger partial charge in [-0.3, -0.25) is 0 Å². The zero-order chi connectivity index (χ0) is 34.2. The van der Waals surface area contributed by atoms with Crippen LogP contribution in [0.15, 0.2) is 78.9 Å². The molecule has 0 fully saturated rings. The number of rotatable bonds is 20. The number of aryl methyl sites for hydroxylation is 3. The normalized spacial score (nSPS) is 10.7. The van der Waals surface area contributed by atoms with Gasteiger partial charge in [0.1, 0.15) is 37.9 Å². The highest BCUT2D eigenvalue weighted by Crippen LogP contribution is 2.42. The van der Waals surface area contributed by atoms with Crippen molar-refractivity contribution in [1.82, 2.24) is 0 Å². The van der Waals surface area contributed by atoms with E-state index >= 15 is 0 Å². The maximum atomic E-state index is 12.0. The fourth-order valence-corrected chi connectivity index (χ4v) is 5.12. The first-order valence-electron chi connectivity index (χ1n) is 16.6. The van der Waals surface area contributed by atoms with Gasteiger partial charge in [-0.2, -0.15) is 0 Å². The average Bonchev–Trinajstić information content (AvgIpc) is 3.07. The number of hydrogen-bond donors (Lipinski definition) is 1. The van der Waals surface area contributed by atoms with Crippen LogP contribution in [0.4, 0.5) is 0 Å². The van der Waals surface area contributed by atoms with Crippen LogP contribution in [0, 0.1) is 0 Å². The molecule has 0 atom stereocenters. The zero-order valence-corrected chi connectivity index (χ0v) is 28.5. The summed E-state index contributed by atoms with van der Waals surface area (Å²) < 4.78 is 23.3. The maximum Gasteiger partial charge on any atom is 0.333 e. The van der Waals surface area contributed by atoms with E-state index in [9.17, 15) is 14.7 Å². The van der Waals surface area contributed by atoms with Gasteiger partial charge >= 0.3 is 11.9 Å². The first-order chi connectivity index (χ1) is 22.7. The summed E-state index contributed by atoms with van der Waals surface area (Å²) in [4.78, 5) is 24.0. The van der Waals surface area contributed by atoms with Gasteiger partial charge in [0.15, 0.2) is 0 Å². The minimum absolute atomic E-state index is 0.0694. The number of hydrogen-bond acceptors (Lipinski definition) is 7. The van der Waals surface area contributed by atoms with E-state index in [-0.39, 0.29) is 33.0 Å². The largest absolute Gasteiger partial charge is 0.489 e. The van der Waals surface area contributed by atoms with Crippen LogP contribution in [0.5, 0.6) is 11.5 Å². The van der Waals surface area contributed by atoms with E-state index in [1.54, 1.807) is 13.8 Å². The van der Waals surface area contributed by atoms with E-state index in [0.717, 1.165) is 59.1 Å². The molecular weight excluding hydrogens is 592 g/mol. The predicted octanol–water partition coefficient (Wildman–Crippen LogP) is 8.24. The number of aliphatic hydroxyl groups is 1. The van der Waals surface area contributed by atoms with Crippen LogP contribution >= 0.6 is 0 Å². The van der Waals surface area contributed by atoms with Crippen molar-refractivity contribution in [2.45, 2.75) is 72.6 Å². The second-order valence-corrected chi connectivity index (χ2v) is 11.7. The molecular formula is C40H50O7. The molecule has 3 aromatic carbocycles. The van der Waals surface area contributed by atoms with Gasteiger partial charge in [-0.25, -0.2) is 9.59 Å². The molecule has 0 aliphatic heterocycles. The predicted molar refractivity (Wildman–Crippen MR) is 188 cm³/mol. The number of esters is 2. The second kappa shape index (κ2) is 19.3. The Kier molecular flexibility index (Phi) is 15.3. The minimum Gasteiger partial charge on any atom is -0.489 e. The van der Waals surface area contributed by atoms with E-state index < -0.39 is 11.9 Å². The number of benzene rings is 3. The lowest BCUT2D eigenvalue weighted by molar-refractivity contribution is -0.140. The summed E-state index contributed by atoms with van der Waals surface area (Å²) >= 11 is 0. The molecule has 0 amide bonds. The Morgan fingerprint density at radius 1 is 0.660 bits per heavy atom. The van der Waals surface area contributed by atoms with Crippen LogP contribution in [0.25, 0.3) is 22.3 Å². The molecule has 0 saturated carbocycles. The second-order valence-electron chi connectivity index (χ2n) is 11.7. The monoisotopic (exact) mass is 642 g/mol. The number of unbranched alkanes of at least 4 members (excludes halogenated alkanes) is 2. The highest BCUT2D eigenvalue weighted by Gasteiger charge is 2.19. The molecule has 3 aromatic rings. The van der Waals surface area contributed by atoms with Gasteiger partial charge in [0.25, 0.3) is 0 Å². The number of ether oxygens (including phenoxy) is 4. The molecule has 0 aromatic heterocycles. The molecule has 7 heteroatoms. The first-order valence-corrected chi connectivity index (χ1v) is 16.6. The third-order valence-electron chi connectivity index (χ3n) is 7.73. The van der Waals surface area contributed by atoms with Crippen molar-refractivity contribution in [3.63, 3.8) is 0 Å². The standard InChI is InChI=1S/C40H50O7/c1-7-9-10-12-30-14-17-33(18-15-30)35-26-38(45-22-24-47-40(43)29(5)6)36(27-37(35)44-21-23-46-39(42)28(3)4)34-19-16-31(13-11-20-41)25-32(34)8-2/h14-19,25-27,41H,3,5,7-13,20-24H2,1-2,4,6H3. The van der Waals surface area contributed by atoms with Crippen molar-refractivity contribution >= 4 is 11.9 Å². The summed E-state index contributed by atoms with van der Waals surface area (Å²) in [6, 6.07) is 18.8. The fourth-order valence-electron chi connectivity index (χ4n) is 5.12. The van der Waals surface area contributed by atoms with Gasteiger partial charge in [0.05, 0.1) is 0 Å².